The van der Waals surface area contributed by atoms with Crippen molar-refractivity contribution in [3.8, 4) is 0 Å². The lowest BCUT2D eigenvalue weighted by molar-refractivity contribution is -0.141. The molecule has 0 spiro atoms. The van der Waals surface area contributed by atoms with Gasteiger partial charge in [0.15, 0.2) is 0 Å². The standard InChI is InChI=1S/C11H18N4O3/c1-3-13-9(4-8-5-12-6-14-8)10(16)15-7(2)11(17)18/h5-7,9,13H,3-4H2,1-2H3,(H,12,14)(H,15,16)(H,17,18)/t7-,9-/m0/s1. The zero-order chi connectivity index (χ0) is 13.5. The van der Waals surface area contributed by atoms with Crippen molar-refractivity contribution < 1.29 is 14.7 Å². The molecule has 18 heavy (non-hydrogen) atoms. The predicted molar refractivity (Wildman–Crippen MR) is 65.0 cm³/mol. The fourth-order valence-corrected chi connectivity index (χ4v) is 1.50. The molecule has 7 heteroatoms. The van der Waals surface area contributed by atoms with Crippen molar-refractivity contribution in [3.63, 3.8) is 0 Å². The Hall–Kier alpha value is -1.89. The molecule has 0 aliphatic heterocycles. The molecule has 7 nitrogen and oxygen atoms in total. The molecule has 100 valence electrons. The highest BCUT2D eigenvalue weighted by Gasteiger charge is 2.22. The number of carbonyl (C=O) groups is 2. The summed E-state index contributed by atoms with van der Waals surface area (Å²) in [6.07, 6.45) is 3.61. The van der Waals surface area contributed by atoms with Gasteiger partial charge < -0.3 is 20.7 Å². The topological polar surface area (TPSA) is 107 Å². The Morgan fingerprint density at radius 1 is 1.56 bits per heavy atom. The van der Waals surface area contributed by atoms with Gasteiger partial charge in [0, 0.05) is 18.3 Å². The zero-order valence-corrected chi connectivity index (χ0v) is 10.4. The molecule has 0 aromatic carbocycles. The number of aromatic amines is 1. The Bertz CT molecular complexity index is 391. The van der Waals surface area contributed by atoms with Crippen molar-refractivity contribution >= 4 is 11.9 Å². The summed E-state index contributed by atoms with van der Waals surface area (Å²) in [4.78, 5) is 29.4. The fraction of sp³-hybridized carbons (Fsp3) is 0.545. The highest BCUT2D eigenvalue weighted by Crippen LogP contribution is 1.99. The quantitative estimate of drug-likeness (QED) is 0.525. The van der Waals surface area contributed by atoms with Gasteiger partial charge in [-0.2, -0.15) is 0 Å². The van der Waals surface area contributed by atoms with Gasteiger partial charge >= 0.3 is 5.97 Å². The van der Waals surface area contributed by atoms with Crippen molar-refractivity contribution in [1.82, 2.24) is 20.6 Å². The molecule has 2 atom stereocenters. The van der Waals surface area contributed by atoms with E-state index in [1.54, 1.807) is 6.20 Å². The van der Waals surface area contributed by atoms with Crippen molar-refractivity contribution in [2.24, 2.45) is 0 Å². The Morgan fingerprint density at radius 2 is 2.28 bits per heavy atom. The summed E-state index contributed by atoms with van der Waals surface area (Å²) in [5.41, 5.74) is 0.819. The summed E-state index contributed by atoms with van der Waals surface area (Å²) >= 11 is 0. The van der Waals surface area contributed by atoms with E-state index < -0.39 is 18.1 Å². The third kappa shape index (κ3) is 4.17. The van der Waals surface area contributed by atoms with Gasteiger partial charge in [-0.1, -0.05) is 6.92 Å². The highest BCUT2D eigenvalue weighted by molar-refractivity contribution is 5.86. The molecular weight excluding hydrogens is 236 g/mol. The predicted octanol–water partition coefficient (Wildman–Crippen LogP) is -0.480. The van der Waals surface area contributed by atoms with E-state index >= 15 is 0 Å². The van der Waals surface area contributed by atoms with Crippen molar-refractivity contribution in [1.29, 1.82) is 0 Å². The van der Waals surface area contributed by atoms with Crippen LogP contribution in [0.15, 0.2) is 12.5 Å². The fourth-order valence-electron chi connectivity index (χ4n) is 1.50. The number of imidazole rings is 1. The van der Waals surface area contributed by atoms with Gasteiger partial charge in [0.25, 0.3) is 0 Å². The normalized spacial score (nSPS) is 13.9. The van der Waals surface area contributed by atoms with Gasteiger partial charge in [-0.25, -0.2) is 4.98 Å². The van der Waals surface area contributed by atoms with Gasteiger partial charge in [0.1, 0.15) is 6.04 Å². The van der Waals surface area contributed by atoms with E-state index in [1.807, 2.05) is 6.92 Å². The lowest BCUT2D eigenvalue weighted by Crippen LogP contribution is -2.50. The molecule has 0 radical (unpaired) electrons. The van der Waals surface area contributed by atoms with E-state index in [-0.39, 0.29) is 5.91 Å². The molecule has 1 rings (SSSR count). The Kier molecular flexibility index (Phi) is 5.31. The summed E-state index contributed by atoms with van der Waals surface area (Å²) in [7, 11) is 0. The third-order valence-corrected chi connectivity index (χ3v) is 2.48. The van der Waals surface area contributed by atoms with Crippen molar-refractivity contribution in [3.05, 3.63) is 18.2 Å². The van der Waals surface area contributed by atoms with Crippen LogP contribution < -0.4 is 10.6 Å². The maximum absolute atomic E-state index is 11.9. The Balaban J connectivity index is 2.60. The molecule has 0 fully saturated rings. The number of aromatic nitrogens is 2. The molecule has 1 aromatic rings. The minimum absolute atomic E-state index is 0.332. The number of hydrogen-bond acceptors (Lipinski definition) is 4. The summed E-state index contributed by atoms with van der Waals surface area (Å²) in [6, 6.07) is -1.38. The molecule has 0 saturated carbocycles. The number of nitrogens with one attached hydrogen (secondary N) is 3. The van der Waals surface area contributed by atoms with Gasteiger partial charge in [-0.3, -0.25) is 9.59 Å². The number of nitrogens with zero attached hydrogens (tertiary/aromatic N) is 1. The number of hydrogen-bond donors (Lipinski definition) is 4. The maximum Gasteiger partial charge on any atom is 0.325 e. The first kappa shape index (κ1) is 14.2. The summed E-state index contributed by atoms with van der Waals surface area (Å²) in [6.45, 7) is 3.93. The van der Waals surface area contributed by atoms with E-state index in [2.05, 4.69) is 20.6 Å². The first-order valence-corrected chi connectivity index (χ1v) is 5.78. The average molecular weight is 254 g/mol. The van der Waals surface area contributed by atoms with Crippen molar-refractivity contribution in [2.75, 3.05) is 6.54 Å². The molecule has 1 aromatic heterocycles. The molecule has 1 heterocycles. The number of rotatable bonds is 7. The number of aliphatic carboxylic acids is 1. The smallest absolute Gasteiger partial charge is 0.325 e. The molecule has 0 unspecified atom stereocenters. The highest BCUT2D eigenvalue weighted by atomic mass is 16.4. The Labute approximate surface area is 105 Å². The zero-order valence-electron chi connectivity index (χ0n) is 10.4. The number of amides is 1. The van der Waals surface area contributed by atoms with Crippen LogP contribution in [0.4, 0.5) is 0 Å². The van der Waals surface area contributed by atoms with Gasteiger partial charge in [-0.05, 0) is 13.5 Å². The lowest BCUT2D eigenvalue weighted by Gasteiger charge is -2.18. The lowest BCUT2D eigenvalue weighted by atomic mass is 10.1. The number of carboxylic acid groups (broad SMARTS) is 1. The third-order valence-electron chi connectivity index (χ3n) is 2.48. The van der Waals surface area contributed by atoms with Crippen LogP contribution in [0, 0.1) is 0 Å². The first-order valence-electron chi connectivity index (χ1n) is 5.78. The summed E-state index contributed by atoms with van der Waals surface area (Å²) < 4.78 is 0. The first-order chi connectivity index (χ1) is 8.54. The molecule has 4 N–H and O–H groups in total. The van der Waals surface area contributed by atoms with Crippen LogP contribution >= 0.6 is 0 Å². The van der Waals surface area contributed by atoms with Crippen LogP contribution in [0.5, 0.6) is 0 Å². The molecule has 0 aliphatic carbocycles. The van der Waals surface area contributed by atoms with E-state index in [4.69, 9.17) is 5.11 Å². The van der Waals surface area contributed by atoms with E-state index in [9.17, 15) is 9.59 Å². The summed E-state index contributed by atoms with van der Waals surface area (Å²) in [5, 5.41) is 14.2. The minimum Gasteiger partial charge on any atom is -0.480 e. The second-order valence-corrected chi connectivity index (χ2v) is 3.96. The molecular formula is C11H18N4O3. The second-order valence-electron chi connectivity index (χ2n) is 3.96. The van der Waals surface area contributed by atoms with Crippen LogP contribution in [0.2, 0.25) is 0 Å². The van der Waals surface area contributed by atoms with Crippen LogP contribution in [0.3, 0.4) is 0 Å². The van der Waals surface area contributed by atoms with Crippen LogP contribution in [0.25, 0.3) is 0 Å². The molecule has 1 amide bonds. The minimum atomic E-state index is -1.06. The van der Waals surface area contributed by atoms with Crippen molar-refractivity contribution in [2.45, 2.75) is 32.4 Å². The summed E-state index contributed by atoms with van der Waals surface area (Å²) in [5.74, 6) is -1.39. The van der Waals surface area contributed by atoms with E-state index in [0.717, 1.165) is 5.69 Å². The maximum atomic E-state index is 11.9. The number of likely N-dealkylation sites (N-methyl/N-ethyl adjacent to an activating group) is 1. The van der Waals surface area contributed by atoms with Gasteiger partial charge in [0.05, 0.1) is 12.4 Å². The number of carboxylic acids is 1. The van der Waals surface area contributed by atoms with E-state index in [1.165, 1.54) is 13.3 Å². The average Bonchev–Trinajstić information content (AvgIpc) is 2.81. The SMILES string of the molecule is CCN[C@@H](Cc1cnc[nH]1)C(=O)N[C@@H](C)C(=O)O. The van der Waals surface area contributed by atoms with Crippen LogP contribution in [-0.4, -0.2) is 45.6 Å². The molecule has 0 aliphatic rings. The van der Waals surface area contributed by atoms with Crippen LogP contribution in [0.1, 0.15) is 19.5 Å². The van der Waals surface area contributed by atoms with Gasteiger partial charge in [-0.15, -0.1) is 0 Å². The second kappa shape index (κ2) is 6.75. The number of carbonyl (C=O) groups excluding carboxylic acids is 1. The molecule has 0 bridgehead atoms. The van der Waals surface area contributed by atoms with Crippen LogP contribution in [-0.2, 0) is 16.0 Å². The van der Waals surface area contributed by atoms with E-state index in [0.29, 0.717) is 13.0 Å². The molecule has 0 saturated heterocycles. The monoisotopic (exact) mass is 254 g/mol. The Morgan fingerprint density at radius 3 is 2.78 bits per heavy atom. The largest absolute Gasteiger partial charge is 0.480 e. The van der Waals surface area contributed by atoms with Gasteiger partial charge in [0.2, 0.25) is 5.91 Å². The number of H-pyrrole nitrogens is 1.